The second-order valence-corrected chi connectivity index (χ2v) is 6.88. The number of nitrogens with zero attached hydrogens (tertiary/aromatic N) is 1. The third-order valence-corrected chi connectivity index (χ3v) is 5.57. The molecule has 0 saturated carbocycles. The smallest absolute Gasteiger partial charge is 0.338 e. The maximum Gasteiger partial charge on any atom is 0.338 e. The topological polar surface area (TPSA) is 50.2 Å². The molecule has 21 heavy (non-hydrogen) atoms. The standard InChI is InChI=1S/C16H14BrNO2S/c17-12-6-2-4-8-14(12)21-15-11(16(19)20)9-10-5-1-3-7-13(10)18-15/h2,4,6,8-9H,1,3,5,7H2,(H,19,20). The Morgan fingerprint density at radius 3 is 2.76 bits per heavy atom. The Kier molecular flexibility index (Phi) is 4.31. The minimum Gasteiger partial charge on any atom is -0.478 e. The van der Waals surface area contributed by atoms with Gasteiger partial charge in [0.05, 0.1) is 5.56 Å². The lowest BCUT2D eigenvalue weighted by molar-refractivity contribution is 0.0692. The van der Waals surface area contributed by atoms with Crippen LogP contribution in [0.4, 0.5) is 0 Å². The number of halogens is 1. The van der Waals surface area contributed by atoms with Gasteiger partial charge < -0.3 is 5.11 Å². The first kappa shape index (κ1) is 14.6. The lowest BCUT2D eigenvalue weighted by atomic mass is 9.95. The van der Waals surface area contributed by atoms with Crippen molar-refractivity contribution in [3.63, 3.8) is 0 Å². The molecule has 1 aromatic carbocycles. The number of rotatable bonds is 3. The number of carboxylic acids is 1. The van der Waals surface area contributed by atoms with E-state index in [1.54, 1.807) is 0 Å². The maximum atomic E-state index is 11.5. The van der Waals surface area contributed by atoms with Gasteiger partial charge in [-0.05, 0) is 65.4 Å². The molecule has 3 nitrogen and oxygen atoms in total. The van der Waals surface area contributed by atoms with E-state index in [1.807, 2.05) is 30.3 Å². The summed E-state index contributed by atoms with van der Waals surface area (Å²) in [5.74, 6) is -0.912. The molecule has 0 radical (unpaired) electrons. The van der Waals surface area contributed by atoms with Crippen LogP contribution in [-0.2, 0) is 12.8 Å². The summed E-state index contributed by atoms with van der Waals surface area (Å²) in [6.07, 6.45) is 4.12. The second-order valence-electron chi connectivity index (χ2n) is 4.99. The van der Waals surface area contributed by atoms with E-state index in [2.05, 4.69) is 20.9 Å². The quantitative estimate of drug-likeness (QED) is 0.867. The van der Waals surface area contributed by atoms with Crippen LogP contribution in [0.5, 0.6) is 0 Å². The number of hydrogen-bond acceptors (Lipinski definition) is 3. The Balaban J connectivity index is 2.04. The highest BCUT2D eigenvalue weighted by Gasteiger charge is 2.20. The molecule has 0 unspecified atom stereocenters. The van der Waals surface area contributed by atoms with Gasteiger partial charge in [-0.1, -0.05) is 23.9 Å². The molecule has 0 spiro atoms. The van der Waals surface area contributed by atoms with Gasteiger partial charge in [0.1, 0.15) is 5.03 Å². The summed E-state index contributed by atoms with van der Waals surface area (Å²) >= 11 is 4.90. The van der Waals surface area contributed by atoms with Crippen molar-refractivity contribution in [2.24, 2.45) is 0 Å². The zero-order valence-corrected chi connectivity index (χ0v) is 13.7. The summed E-state index contributed by atoms with van der Waals surface area (Å²) in [7, 11) is 0. The van der Waals surface area contributed by atoms with Gasteiger partial charge >= 0.3 is 5.97 Å². The van der Waals surface area contributed by atoms with E-state index in [4.69, 9.17) is 0 Å². The molecule has 1 aliphatic rings. The summed E-state index contributed by atoms with van der Waals surface area (Å²) in [4.78, 5) is 17.1. The van der Waals surface area contributed by atoms with E-state index in [9.17, 15) is 9.90 Å². The number of pyridine rings is 1. The SMILES string of the molecule is O=C(O)c1cc2c(nc1Sc1ccccc1Br)CCCC2. The van der Waals surface area contributed by atoms with Crippen LogP contribution in [0.25, 0.3) is 0 Å². The van der Waals surface area contributed by atoms with E-state index < -0.39 is 5.97 Å². The van der Waals surface area contributed by atoms with Crippen molar-refractivity contribution in [2.75, 3.05) is 0 Å². The molecular weight excluding hydrogens is 350 g/mol. The summed E-state index contributed by atoms with van der Waals surface area (Å²) in [6.45, 7) is 0. The first-order chi connectivity index (χ1) is 10.1. The number of aromatic nitrogens is 1. The highest BCUT2D eigenvalue weighted by Crippen LogP contribution is 2.35. The molecule has 0 fully saturated rings. The molecule has 1 heterocycles. The van der Waals surface area contributed by atoms with Gasteiger partial charge in [-0.2, -0.15) is 0 Å². The predicted molar refractivity (Wildman–Crippen MR) is 86.1 cm³/mol. The minimum atomic E-state index is -0.912. The number of aromatic carboxylic acids is 1. The van der Waals surface area contributed by atoms with Gasteiger partial charge in [0.25, 0.3) is 0 Å². The monoisotopic (exact) mass is 363 g/mol. The van der Waals surface area contributed by atoms with Gasteiger partial charge in [0.2, 0.25) is 0 Å². The minimum absolute atomic E-state index is 0.302. The van der Waals surface area contributed by atoms with Crippen LogP contribution in [0.1, 0.15) is 34.5 Å². The lowest BCUT2D eigenvalue weighted by Gasteiger charge is -2.17. The zero-order chi connectivity index (χ0) is 14.8. The van der Waals surface area contributed by atoms with Gasteiger partial charge in [0, 0.05) is 15.1 Å². The first-order valence-corrected chi connectivity index (χ1v) is 8.44. The van der Waals surface area contributed by atoms with Crippen molar-refractivity contribution >= 4 is 33.7 Å². The molecule has 2 aromatic rings. The van der Waals surface area contributed by atoms with Gasteiger partial charge in [0.15, 0.2) is 0 Å². The molecule has 0 amide bonds. The number of benzene rings is 1. The van der Waals surface area contributed by atoms with Gasteiger partial charge in [-0.25, -0.2) is 9.78 Å². The van der Waals surface area contributed by atoms with Crippen LogP contribution in [-0.4, -0.2) is 16.1 Å². The Morgan fingerprint density at radius 1 is 1.24 bits per heavy atom. The largest absolute Gasteiger partial charge is 0.478 e. The van der Waals surface area contributed by atoms with Crippen LogP contribution in [0.3, 0.4) is 0 Å². The molecule has 5 heteroatoms. The van der Waals surface area contributed by atoms with Crippen LogP contribution < -0.4 is 0 Å². The predicted octanol–water partition coefficient (Wildman–Crippen LogP) is 4.57. The van der Waals surface area contributed by atoms with E-state index in [1.165, 1.54) is 11.8 Å². The zero-order valence-electron chi connectivity index (χ0n) is 11.3. The molecule has 0 bridgehead atoms. The number of carbonyl (C=O) groups is 1. The molecule has 108 valence electrons. The van der Waals surface area contributed by atoms with Crippen LogP contribution in [0.15, 0.2) is 44.7 Å². The summed E-state index contributed by atoms with van der Waals surface area (Å²) in [5, 5.41) is 10.0. The molecule has 1 N–H and O–H groups in total. The summed E-state index contributed by atoms with van der Waals surface area (Å²) < 4.78 is 0.950. The average molecular weight is 364 g/mol. The van der Waals surface area contributed by atoms with Crippen molar-refractivity contribution in [1.29, 1.82) is 0 Å². The van der Waals surface area contributed by atoms with E-state index in [-0.39, 0.29) is 0 Å². The average Bonchev–Trinajstić information content (AvgIpc) is 2.48. The van der Waals surface area contributed by atoms with Crippen molar-refractivity contribution in [1.82, 2.24) is 4.98 Å². The fraction of sp³-hybridized carbons (Fsp3) is 0.250. The highest BCUT2D eigenvalue weighted by atomic mass is 79.9. The van der Waals surface area contributed by atoms with Gasteiger partial charge in [-0.15, -0.1) is 0 Å². The number of fused-ring (bicyclic) bond motifs is 1. The van der Waals surface area contributed by atoms with Crippen molar-refractivity contribution in [2.45, 2.75) is 35.6 Å². The molecular formula is C16H14BrNO2S. The summed E-state index contributed by atoms with van der Waals surface area (Å²) in [5.41, 5.74) is 2.45. The van der Waals surface area contributed by atoms with E-state index in [0.717, 1.165) is 46.3 Å². The summed E-state index contributed by atoms with van der Waals surface area (Å²) in [6, 6.07) is 9.59. The number of aryl methyl sites for hydroxylation is 2. The number of carboxylic acid groups (broad SMARTS) is 1. The fourth-order valence-electron chi connectivity index (χ4n) is 2.48. The van der Waals surface area contributed by atoms with Crippen molar-refractivity contribution < 1.29 is 9.90 Å². The maximum absolute atomic E-state index is 11.5. The molecule has 3 rings (SSSR count). The molecule has 0 saturated heterocycles. The highest BCUT2D eigenvalue weighted by molar-refractivity contribution is 9.10. The Morgan fingerprint density at radius 2 is 2.00 bits per heavy atom. The van der Waals surface area contributed by atoms with Crippen molar-refractivity contribution in [3.05, 3.63) is 51.6 Å². The molecule has 0 atom stereocenters. The van der Waals surface area contributed by atoms with Crippen LogP contribution >= 0.6 is 27.7 Å². The molecule has 0 aliphatic heterocycles. The lowest BCUT2D eigenvalue weighted by Crippen LogP contribution is -2.10. The Bertz CT molecular complexity index is 703. The van der Waals surface area contributed by atoms with Crippen molar-refractivity contribution in [3.8, 4) is 0 Å². The third kappa shape index (κ3) is 3.14. The first-order valence-electron chi connectivity index (χ1n) is 6.83. The van der Waals surface area contributed by atoms with E-state index in [0.29, 0.717) is 10.6 Å². The van der Waals surface area contributed by atoms with Crippen LogP contribution in [0.2, 0.25) is 0 Å². The molecule has 1 aliphatic carbocycles. The van der Waals surface area contributed by atoms with Crippen LogP contribution in [0, 0.1) is 0 Å². The Hall–Kier alpha value is -1.33. The normalized spacial score (nSPS) is 13.8. The third-order valence-electron chi connectivity index (χ3n) is 3.54. The Labute approximate surface area is 135 Å². The second kappa shape index (κ2) is 6.20. The van der Waals surface area contributed by atoms with Gasteiger partial charge in [-0.3, -0.25) is 0 Å². The number of hydrogen-bond donors (Lipinski definition) is 1. The molecule has 1 aromatic heterocycles. The fourth-order valence-corrected chi connectivity index (χ4v) is 3.94. The van der Waals surface area contributed by atoms with E-state index >= 15 is 0 Å².